The molecule has 3 nitrogen and oxygen atoms in total. The molecule has 0 unspecified atom stereocenters. The lowest BCUT2D eigenvalue weighted by Crippen LogP contribution is -2.41. The Morgan fingerprint density at radius 1 is 0.818 bits per heavy atom. The van der Waals surface area contributed by atoms with Crippen molar-refractivity contribution in [2.75, 3.05) is 0 Å². The molecular formula is C18H25BO3. The van der Waals surface area contributed by atoms with E-state index in [0.29, 0.717) is 0 Å². The lowest BCUT2D eigenvalue weighted by atomic mass is 9.78. The summed E-state index contributed by atoms with van der Waals surface area (Å²) in [5, 5.41) is 11.7. The van der Waals surface area contributed by atoms with E-state index < -0.39 is 0 Å². The van der Waals surface area contributed by atoms with Crippen LogP contribution in [0.4, 0.5) is 0 Å². The smallest absolute Gasteiger partial charge is 0.494 e. The van der Waals surface area contributed by atoms with Crippen molar-refractivity contribution in [2.24, 2.45) is 0 Å². The first-order chi connectivity index (χ1) is 10.3. The van der Waals surface area contributed by atoms with Gasteiger partial charge >= 0.3 is 7.12 Å². The Labute approximate surface area is 133 Å². The Hall–Kier alpha value is -1.52. The normalized spacial score (nSPS) is 18.9. The average Bonchev–Trinajstić information content (AvgIpc) is 2.69. The third-order valence-corrected chi connectivity index (χ3v) is 4.37. The van der Waals surface area contributed by atoms with Gasteiger partial charge in [0.05, 0.1) is 11.2 Å². The number of rotatable bonds is 1. The molecular weight excluding hydrogens is 275 g/mol. The van der Waals surface area contributed by atoms with Crippen molar-refractivity contribution in [3.05, 3.63) is 36.4 Å². The lowest BCUT2D eigenvalue weighted by Gasteiger charge is -2.32. The fraction of sp³-hybridized carbons (Fsp3) is 0.444. The van der Waals surface area contributed by atoms with E-state index in [1.807, 2.05) is 65.8 Å². The van der Waals surface area contributed by atoms with Crippen molar-refractivity contribution in [3.63, 3.8) is 0 Å². The number of fused-ring (bicyclic) bond motifs is 1. The van der Waals surface area contributed by atoms with Crippen molar-refractivity contribution < 1.29 is 14.4 Å². The van der Waals surface area contributed by atoms with Crippen LogP contribution in [0.15, 0.2) is 36.4 Å². The Balaban J connectivity index is 0.000000847. The summed E-state index contributed by atoms with van der Waals surface area (Å²) in [6.45, 7) is 12.2. The molecule has 2 aromatic rings. The Morgan fingerprint density at radius 2 is 1.36 bits per heavy atom. The molecule has 4 heteroatoms. The first-order valence-electron chi connectivity index (χ1n) is 7.87. The SMILES string of the molecule is CC.CC1(C)OB(c2ccc3ccc(O)cc3c2)OC1(C)C. The minimum atomic E-state index is -0.369. The fourth-order valence-electron chi connectivity index (χ4n) is 2.38. The first kappa shape index (κ1) is 16.8. The zero-order chi connectivity index (χ0) is 16.5. The van der Waals surface area contributed by atoms with Crippen LogP contribution in [0.3, 0.4) is 0 Å². The largest absolute Gasteiger partial charge is 0.508 e. The van der Waals surface area contributed by atoms with E-state index in [2.05, 4.69) is 0 Å². The number of benzene rings is 2. The standard InChI is InChI=1S/C16H19BO3.C2H6/c1-15(2)16(3,4)20-17(19-15)13-7-5-11-6-8-14(18)10-12(11)9-13;1-2/h5-10,18H,1-4H3;1-2H3. The highest BCUT2D eigenvalue weighted by Crippen LogP contribution is 2.36. The van der Waals surface area contributed by atoms with Gasteiger partial charge in [0.25, 0.3) is 0 Å². The van der Waals surface area contributed by atoms with Gasteiger partial charge in [-0.3, -0.25) is 0 Å². The van der Waals surface area contributed by atoms with Crippen LogP contribution in [0.2, 0.25) is 0 Å². The molecule has 22 heavy (non-hydrogen) atoms. The van der Waals surface area contributed by atoms with Crippen molar-refractivity contribution in [2.45, 2.75) is 52.7 Å². The van der Waals surface area contributed by atoms with Crippen LogP contribution in [-0.2, 0) is 9.31 Å². The summed E-state index contributed by atoms with van der Waals surface area (Å²) in [6, 6.07) is 11.4. The second-order valence-corrected chi connectivity index (χ2v) is 6.38. The number of phenolic OH excluding ortho intramolecular Hbond substituents is 1. The molecule has 0 saturated carbocycles. The summed E-state index contributed by atoms with van der Waals surface area (Å²) in [4.78, 5) is 0. The highest BCUT2D eigenvalue weighted by molar-refractivity contribution is 6.62. The van der Waals surface area contributed by atoms with E-state index in [4.69, 9.17) is 9.31 Å². The van der Waals surface area contributed by atoms with Crippen LogP contribution in [-0.4, -0.2) is 23.4 Å². The van der Waals surface area contributed by atoms with Gasteiger partial charge in [-0.15, -0.1) is 0 Å². The zero-order valence-electron chi connectivity index (χ0n) is 14.3. The van der Waals surface area contributed by atoms with Gasteiger partial charge in [-0.1, -0.05) is 38.1 Å². The molecule has 0 spiro atoms. The summed E-state index contributed by atoms with van der Waals surface area (Å²) in [5.74, 6) is 0.267. The quantitative estimate of drug-likeness (QED) is 0.813. The van der Waals surface area contributed by atoms with E-state index >= 15 is 0 Å². The van der Waals surface area contributed by atoms with E-state index in [9.17, 15) is 5.11 Å². The molecule has 0 radical (unpaired) electrons. The molecule has 2 aromatic carbocycles. The highest BCUT2D eigenvalue weighted by Gasteiger charge is 2.51. The molecule has 0 bridgehead atoms. The van der Waals surface area contributed by atoms with Crippen molar-refractivity contribution in [1.82, 2.24) is 0 Å². The van der Waals surface area contributed by atoms with Gasteiger partial charge in [0.1, 0.15) is 5.75 Å². The second kappa shape index (κ2) is 5.94. The first-order valence-corrected chi connectivity index (χ1v) is 7.87. The van der Waals surface area contributed by atoms with Crippen LogP contribution < -0.4 is 5.46 Å². The van der Waals surface area contributed by atoms with Crippen LogP contribution in [0, 0.1) is 0 Å². The molecule has 1 heterocycles. The van der Waals surface area contributed by atoms with E-state index in [0.717, 1.165) is 16.2 Å². The Bertz CT molecular complexity index is 648. The summed E-state index contributed by atoms with van der Waals surface area (Å²) in [7, 11) is -0.369. The molecule has 0 aromatic heterocycles. The molecule has 1 aliphatic rings. The second-order valence-electron chi connectivity index (χ2n) is 6.38. The summed E-state index contributed by atoms with van der Waals surface area (Å²) in [6.07, 6.45) is 0. The van der Waals surface area contributed by atoms with Gasteiger partial charge in [-0.25, -0.2) is 0 Å². The predicted octanol–water partition coefficient (Wildman–Crippen LogP) is 3.87. The maximum absolute atomic E-state index is 9.59. The molecule has 1 N–H and O–H groups in total. The molecule has 1 saturated heterocycles. The predicted molar refractivity (Wildman–Crippen MR) is 92.7 cm³/mol. The maximum atomic E-state index is 9.59. The van der Waals surface area contributed by atoms with Crippen LogP contribution in [0.1, 0.15) is 41.5 Å². The fourth-order valence-corrected chi connectivity index (χ4v) is 2.38. The Kier molecular flexibility index (Phi) is 4.55. The van der Waals surface area contributed by atoms with Crippen LogP contribution >= 0.6 is 0 Å². The van der Waals surface area contributed by atoms with Crippen molar-refractivity contribution >= 4 is 23.4 Å². The summed E-state index contributed by atoms with van der Waals surface area (Å²) < 4.78 is 12.1. The van der Waals surface area contributed by atoms with Crippen molar-refractivity contribution in [3.8, 4) is 5.75 Å². The highest BCUT2D eigenvalue weighted by atomic mass is 16.7. The van der Waals surface area contributed by atoms with Gasteiger partial charge in [0.15, 0.2) is 0 Å². The van der Waals surface area contributed by atoms with E-state index in [-0.39, 0.29) is 24.1 Å². The van der Waals surface area contributed by atoms with Gasteiger partial charge in [0, 0.05) is 0 Å². The van der Waals surface area contributed by atoms with Gasteiger partial charge in [-0.2, -0.15) is 0 Å². The molecule has 0 amide bonds. The maximum Gasteiger partial charge on any atom is 0.494 e. The molecule has 3 rings (SSSR count). The van der Waals surface area contributed by atoms with Gasteiger partial charge in [0.2, 0.25) is 0 Å². The number of phenols is 1. The number of hydrogen-bond acceptors (Lipinski definition) is 3. The average molecular weight is 300 g/mol. The van der Waals surface area contributed by atoms with E-state index in [1.165, 1.54) is 0 Å². The van der Waals surface area contributed by atoms with Crippen LogP contribution in [0.5, 0.6) is 5.75 Å². The van der Waals surface area contributed by atoms with Gasteiger partial charge in [-0.05, 0) is 56.1 Å². The minimum Gasteiger partial charge on any atom is -0.508 e. The summed E-state index contributed by atoms with van der Waals surface area (Å²) >= 11 is 0. The molecule has 0 atom stereocenters. The Morgan fingerprint density at radius 3 is 1.95 bits per heavy atom. The van der Waals surface area contributed by atoms with Gasteiger partial charge < -0.3 is 14.4 Å². The molecule has 1 aliphatic heterocycles. The minimum absolute atomic E-state index is 0.267. The zero-order valence-corrected chi connectivity index (χ0v) is 14.3. The monoisotopic (exact) mass is 300 g/mol. The van der Waals surface area contributed by atoms with Crippen molar-refractivity contribution in [1.29, 1.82) is 0 Å². The number of hydrogen-bond donors (Lipinski definition) is 1. The lowest BCUT2D eigenvalue weighted by molar-refractivity contribution is 0.00578. The molecule has 0 aliphatic carbocycles. The molecule has 118 valence electrons. The number of aromatic hydroxyl groups is 1. The van der Waals surface area contributed by atoms with Crippen LogP contribution in [0.25, 0.3) is 10.8 Å². The third kappa shape index (κ3) is 2.99. The van der Waals surface area contributed by atoms with E-state index in [1.54, 1.807) is 12.1 Å². The topological polar surface area (TPSA) is 38.7 Å². The third-order valence-electron chi connectivity index (χ3n) is 4.37. The molecule has 1 fully saturated rings. The summed E-state index contributed by atoms with van der Waals surface area (Å²) in [5.41, 5.74) is 0.290.